The highest BCUT2D eigenvalue weighted by atomic mass is 79.9. The van der Waals surface area contributed by atoms with Gasteiger partial charge in [-0.2, -0.15) is 0 Å². The molecule has 0 unspecified atom stereocenters. The predicted molar refractivity (Wildman–Crippen MR) is 110 cm³/mol. The first-order chi connectivity index (χ1) is 13.2. The summed E-state index contributed by atoms with van der Waals surface area (Å²) in [7, 11) is 0. The number of ether oxygens (including phenoxy) is 1. The van der Waals surface area contributed by atoms with Gasteiger partial charge in [-0.25, -0.2) is 9.97 Å². The molecule has 0 aliphatic carbocycles. The summed E-state index contributed by atoms with van der Waals surface area (Å²) >= 11 is 3.49. The summed E-state index contributed by atoms with van der Waals surface area (Å²) in [6, 6.07) is 10.7. The fourth-order valence-electron chi connectivity index (χ4n) is 2.75. The molecule has 0 amide bonds. The maximum absolute atomic E-state index is 9.79. The van der Waals surface area contributed by atoms with E-state index in [9.17, 15) is 5.11 Å². The number of fused-ring (bicyclic) bond motifs is 1. The molecule has 1 heterocycles. The minimum Gasteiger partial charge on any atom is -0.508 e. The van der Waals surface area contributed by atoms with E-state index in [0.29, 0.717) is 12.4 Å². The monoisotopic (exact) mass is 431 g/mol. The third-order valence-corrected chi connectivity index (χ3v) is 4.62. The fourth-order valence-corrected chi connectivity index (χ4v) is 3.11. The van der Waals surface area contributed by atoms with Gasteiger partial charge in [0.15, 0.2) is 0 Å². The van der Waals surface area contributed by atoms with Crippen molar-refractivity contribution in [3.63, 3.8) is 0 Å². The van der Waals surface area contributed by atoms with Crippen LogP contribution in [0.25, 0.3) is 10.9 Å². The van der Waals surface area contributed by atoms with Crippen LogP contribution in [0.2, 0.25) is 0 Å². The number of nitrogens with one attached hydrogen (secondary N) is 1. The molecule has 0 aliphatic heterocycles. The molecule has 1 aromatic heterocycles. The lowest BCUT2D eigenvalue weighted by atomic mass is 10.2. The van der Waals surface area contributed by atoms with Crippen molar-refractivity contribution in [2.75, 3.05) is 18.5 Å². The second-order valence-corrected chi connectivity index (χ2v) is 7.09. The van der Waals surface area contributed by atoms with Gasteiger partial charge in [-0.05, 0) is 55.7 Å². The summed E-state index contributed by atoms with van der Waals surface area (Å²) in [4.78, 5) is 8.55. The van der Waals surface area contributed by atoms with E-state index in [1.54, 1.807) is 18.2 Å². The van der Waals surface area contributed by atoms with Crippen molar-refractivity contribution in [1.82, 2.24) is 9.97 Å². The zero-order valence-electron chi connectivity index (χ0n) is 14.9. The molecular weight excluding hydrogens is 410 g/mol. The lowest BCUT2D eigenvalue weighted by Crippen LogP contribution is -2.02. The van der Waals surface area contributed by atoms with Crippen LogP contribution in [0.15, 0.2) is 47.2 Å². The quantitative estimate of drug-likeness (QED) is 0.422. The highest BCUT2D eigenvalue weighted by Crippen LogP contribution is 2.33. The van der Waals surface area contributed by atoms with Crippen LogP contribution in [-0.2, 0) is 0 Å². The Bertz CT molecular complexity index is 905. The minimum absolute atomic E-state index is 0.161. The number of hydrogen-bond donors (Lipinski definition) is 3. The number of benzene rings is 2. The minimum atomic E-state index is 0.161. The van der Waals surface area contributed by atoms with Crippen LogP contribution in [0, 0.1) is 0 Å². The third kappa shape index (κ3) is 5.30. The number of aromatic nitrogens is 2. The Kier molecular flexibility index (Phi) is 6.84. The van der Waals surface area contributed by atoms with Crippen LogP contribution in [0.4, 0.5) is 11.5 Å². The lowest BCUT2D eigenvalue weighted by molar-refractivity contribution is 0.274. The number of aliphatic hydroxyl groups excluding tert-OH is 1. The van der Waals surface area contributed by atoms with Gasteiger partial charge >= 0.3 is 0 Å². The van der Waals surface area contributed by atoms with Gasteiger partial charge in [0.25, 0.3) is 0 Å². The van der Waals surface area contributed by atoms with E-state index in [1.807, 2.05) is 18.2 Å². The van der Waals surface area contributed by atoms with E-state index >= 15 is 0 Å². The predicted octanol–water partition coefficient (Wildman–Crippen LogP) is 4.77. The largest absolute Gasteiger partial charge is 0.508 e. The molecule has 0 atom stereocenters. The topological polar surface area (TPSA) is 87.5 Å². The third-order valence-electron chi connectivity index (χ3n) is 4.12. The van der Waals surface area contributed by atoms with Crippen LogP contribution < -0.4 is 10.1 Å². The summed E-state index contributed by atoms with van der Waals surface area (Å²) in [5, 5.41) is 22.6. The number of aliphatic hydroxyl groups is 1. The molecule has 0 aliphatic rings. The normalized spacial score (nSPS) is 10.9. The maximum atomic E-state index is 9.79. The lowest BCUT2D eigenvalue weighted by Gasteiger charge is -2.14. The molecule has 0 saturated heterocycles. The Balaban J connectivity index is 1.76. The van der Waals surface area contributed by atoms with E-state index in [-0.39, 0.29) is 12.4 Å². The SMILES string of the molecule is OCCCCCCOc1ccc(Br)cc1Nc1ncnc2ccc(O)cc12. The van der Waals surface area contributed by atoms with Crippen molar-refractivity contribution in [1.29, 1.82) is 0 Å². The number of unbranched alkanes of at least 4 members (excludes halogenated alkanes) is 3. The van der Waals surface area contributed by atoms with Gasteiger partial charge in [-0.3, -0.25) is 0 Å². The summed E-state index contributed by atoms with van der Waals surface area (Å²) in [6.45, 7) is 0.844. The van der Waals surface area contributed by atoms with Crippen molar-refractivity contribution >= 4 is 38.3 Å². The Hall–Kier alpha value is -2.38. The molecule has 0 saturated carbocycles. The molecule has 2 aromatic carbocycles. The number of anilines is 2. The van der Waals surface area contributed by atoms with E-state index in [1.165, 1.54) is 6.33 Å². The van der Waals surface area contributed by atoms with Gasteiger partial charge in [0, 0.05) is 16.5 Å². The van der Waals surface area contributed by atoms with Crippen LogP contribution in [0.1, 0.15) is 25.7 Å². The first-order valence-electron chi connectivity index (χ1n) is 8.91. The first kappa shape index (κ1) is 19.4. The number of rotatable bonds is 9. The van der Waals surface area contributed by atoms with Crippen LogP contribution in [-0.4, -0.2) is 33.4 Å². The molecule has 0 fully saturated rings. The summed E-state index contributed by atoms with van der Waals surface area (Å²) in [5.41, 5.74) is 1.52. The van der Waals surface area contributed by atoms with E-state index < -0.39 is 0 Å². The first-order valence-corrected chi connectivity index (χ1v) is 9.70. The number of phenols is 1. The highest BCUT2D eigenvalue weighted by Gasteiger charge is 2.10. The van der Waals surface area contributed by atoms with Gasteiger partial charge in [-0.1, -0.05) is 22.4 Å². The number of halogens is 1. The second-order valence-electron chi connectivity index (χ2n) is 6.18. The van der Waals surface area contributed by atoms with E-state index in [0.717, 1.165) is 52.5 Å². The molecule has 3 aromatic rings. The molecule has 0 bridgehead atoms. The Morgan fingerprint density at radius 1 is 1.00 bits per heavy atom. The Morgan fingerprint density at radius 2 is 1.85 bits per heavy atom. The van der Waals surface area contributed by atoms with Crippen molar-refractivity contribution in [2.24, 2.45) is 0 Å². The van der Waals surface area contributed by atoms with Gasteiger partial charge in [0.1, 0.15) is 23.6 Å². The Morgan fingerprint density at radius 3 is 2.70 bits per heavy atom. The molecule has 142 valence electrons. The molecular formula is C20H22BrN3O3. The number of nitrogens with zero attached hydrogens (tertiary/aromatic N) is 2. The van der Waals surface area contributed by atoms with Gasteiger partial charge in [0.2, 0.25) is 0 Å². The zero-order chi connectivity index (χ0) is 19.1. The zero-order valence-corrected chi connectivity index (χ0v) is 16.4. The van der Waals surface area contributed by atoms with Gasteiger partial charge in [0.05, 0.1) is 17.8 Å². The second kappa shape index (κ2) is 9.53. The molecule has 27 heavy (non-hydrogen) atoms. The number of aromatic hydroxyl groups is 1. The average Bonchev–Trinajstić information content (AvgIpc) is 2.66. The summed E-state index contributed by atoms with van der Waals surface area (Å²) < 4.78 is 6.86. The molecule has 0 radical (unpaired) electrons. The smallest absolute Gasteiger partial charge is 0.142 e. The average molecular weight is 432 g/mol. The van der Waals surface area contributed by atoms with Crippen molar-refractivity contribution in [3.05, 3.63) is 47.2 Å². The van der Waals surface area contributed by atoms with Crippen LogP contribution in [0.3, 0.4) is 0 Å². The van der Waals surface area contributed by atoms with Gasteiger partial charge < -0.3 is 20.3 Å². The van der Waals surface area contributed by atoms with Crippen molar-refractivity contribution < 1.29 is 14.9 Å². The van der Waals surface area contributed by atoms with Crippen LogP contribution in [0.5, 0.6) is 11.5 Å². The summed E-state index contributed by atoms with van der Waals surface area (Å²) in [5.74, 6) is 1.49. The number of phenolic OH excluding ortho intramolecular Hbond substituents is 1. The maximum Gasteiger partial charge on any atom is 0.142 e. The molecule has 3 rings (SSSR count). The molecule has 7 heteroatoms. The van der Waals surface area contributed by atoms with E-state index in [4.69, 9.17) is 9.84 Å². The standard InChI is InChI=1S/C20H22BrN3O3/c21-14-5-8-19(27-10-4-2-1-3-9-25)18(11-14)24-20-16-12-15(26)6-7-17(16)22-13-23-20/h5-8,11-13,25-26H,1-4,9-10H2,(H,22,23,24). The number of hydrogen-bond acceptors (Lipinski definition) is 6. The van der Waals surface area contributed by atoms with Crippen molar-refractivity contribution in [2.45, 2.75) is 25.7 Å². The molecule has 6 nitrogen and oxygen atoms in total. The molecule has 3 N–H and O–H groups in total. The molecule has 0 spiro atoms. The highest BCUT2D eigenvalue weighted by molar-refractivity contribution is 9.10. The van der Waals surface area contributed by atoms with Gasteiger partial charge in [-0.15, -0.1) is 0 Å². The van der Waals surface area contributed by atoms with E-state index in [2.05, 4.69) is 31.2 Å². The van der Waals surface area contributed by atoms with Crippen LogP contribution >= 0.6 is 15.9 Å². The fraction of sp³-hybridized carbons (Fsp3) is 0.300. The van der Waals surface area contributed by atoms with Crippen molar-refractivity contribution in [3.8, 4) is 11.5 Å². The Labute approximate surface area is 166 Å². The summed E-state index contributed by atoms with van der Waals surface area (Å²) in [6.07, 6.45) is 5.28.